The molecule has 0 bridgehead atoms. The number of nitrogens with one attached hydrogen (secondary N) is 1. The number of hydrogen-bond acceptors (Lipinski definition) is 5. The van der Waals surface area contributed by atoms with Crippen LogP contribution >= 0.6 is 0 Å². The van der Waals surface area contributed by atoms with Crippen LogP contribution in [0.5, 0.6) is 0 Å². The number of nitrogen functional groups attached to an aromatic ring is 1. The molecule has 0 fully saturated rings. The van der Waals surface area contributed by atoms with E-state index in [2.05, 4.69) is 15.3 Å². The fourth-order valence-electron chi connectivity index (χ4n) is 3.27. The Kier molecular flexibility index (Phi) is 5.28. The van der Waals surface area contributed by atoms with Gasteiger partial charge in [0.25, 0.3) is 0 Å². The largest absolute Gasteiger partial charge is 0.396 e. The molecule has 0 spiro atoms. The second kappa shape index (κ2) is 8.03. The first-order valence-corrected chi connectivity index (χ1v) is 9.19. The van der Waals surface area contributed by atoms with Crippen LogP contribution in [0.15, 0.2) is 42.5 Å². The summed E-state index contributed by atoms with van der Waals surface area (Å²) in [5.74, 6) is -1.33. The summed E-state index contributed by atoms with van der Waals surface area (Å²) in [5.41, 5.74) is 9.05. The topological polar surface area (TPSA) is 93.4 Å². The van der Waals surface area contributed by atoms with Gasteiger partial charge in [-0.25, -0.2) is 18.6 Å². The predicted molar refractivity (Wildman–Crippen MR) is 107 cm³/mol. The lowest BCUT2D eigenvalue weighted by Crippen LogP contribution is -2.31. The van der Waals surface area contributed by atoms with Crippen molar-refractivity contribution in [1.29, 1.82) is 0 Å². The molecule has 0 atom stereocenters. The lowest BCUT2D eigenvalue weighted by Gasteiger charge is -2.17. The molecular formula is C21H19F2N5O2. The molecule has 3 N–H and O–H groups in total. The van der Waals surface area contributed by atoms with Crippen molar-refractivity contribution in [1.82, 2.24) is 14.9 Å². The summed E-state index contributed by atoms with van der Waals surface area (Å²) in [6.07, 6.45) is 0. The maximum Gasteiger partial charge on any atom is 0.323 e. The van der Waals surface area contributed by atoms with Crippen LogP contribution in [0.2, 0.25) is 0 Å². The summed E-state index contributed by atoms with van der Waals surface area (Å²) in [4.78, 5) is 23.1. The SMILES string of the molecule is COCc1ccc2c(n1)CN(C(=O)Nc1nc(-c3ccc(F)cc3F)ccc1N)C2. The Morgan fingerprint density at radius 1 is 1.17 bits per heavy atom. The normalized spacial score (nSPS) is 12.7. The third kappa shape index (κ3) is 3.92. The Hall–Kier alpha value is -3.59. The van der Waals surface area contributed by atoms with E-state index < -0.39 is 17.7 Å². The van der Waals surface area contributed by atoms with Crippen LogP contribution in [0.25, 0.3) is 11.3 Å². The molecule has 2 amide bonds. The zero-order valence-electron chi connectivity index (χ0n) is 16.2. The molecule has 2 aromatic heterocycles. The maximum atomic E-state index is 14.1. The van der Waals surface area contributed by atoms with Gasteiger partial charge in [-0.2, -0.15) is 0 Å². The van der Waals surface area contributed by atoms with Gasteiger partial charge < -0.3 is 15.4 Å². The average molecular weight is 411 g/mol. The molecule has 0 radical (unpaired) electrons. The minimum absolute atomic E-state index is 0.102. The third-order valence-corrected chi connectivity index (χ3v) is 4.77. The number of urea groups is 1. The molecule has 4 rings (SSSR count). The number of methoxy groups -OCH3 is 1. The van der Waals surface area contributed by atoms with Crippen molar-refractivity contribution >= 4 is 17.5 Å². The Morgan fingerprint density at radius 3 is 2.77 bits per heavy atom. The molecule has 7 nitrogen and oxygen atoms in total. The molecule has 3 aromatic rings. The molecule has 0 aliphatic carbocycles. The Balaban J connectivity index is 1.52. The maximum absolute atomic E-state index is 14.1. The first-order valence-electron chi connectivity index (χ1n) is 9.19. The number of amides is 2. The van der Waals surface area contributed by atoms with E-state index in [-0.39, 0.29) is 22.8 Å². The number of ether oxygens (including phenoxy) is 1. The van der Waals surface area contributed by atoms with E-state index in [9.17, 15) is 13.6 Å². The van der Waals surface area contributed by atoms with Gasteiger partial charge in [0, 0.05) is 25.3 Å². The highest BCUT2D eigenvalue weighted by atomic mass is 19.1. The number of carbonyl (C=O) groups is 1. The van der Waals surface area contributed by atoms with E-state index in [4.69, 9.17) is 10.5 Å². The molecular weight excluding hydrogens is 392 g/mol. The Bertz CT molecular complexity index is 1120. The van der Waals surface area contributed by atoms with Gasteiger partial charge in [-0.3, -0.25) is 10.3 Å². The first-order chi connectivity index (χ1) is 14.4. The molecule has 3 heterocycles. The molecule has 0 saturated heterocycles. The van der Waals surface area contributed by atoms with Crippen LogP contribution in [0, 0.1) is 11.6 Å². The number of aromatic nitrogens is 2. The van der Waals surface area contributed by atoms with Gasteiger partial charge in [-0.05, 0) is 35.9 Å². The molecule has 30 heavy (non-hydrogen) atoms. The van der Waals surface area contributed by atoms with Crippen LogP contribution in [-0.2, 0) is 24.4 Å². The predicted octanol–water partition coefficient (Wildman–Crippen LogP) is 3.70. The standard InChI is InChI=1S/C21H19F2N5O2/c1-30-11-14-4-2-12-9-28(10-19(12)25-14)21(29)27-20-17(24)6-7-18(26-20)15-5-3-13(22)8-16(15)23/h2-8H,9-11,24H2,1H3,(H,26,27,29). The highest BCUT2D eigenvalue weighted by Gasteiger charge is 2.25. The molecule has 0 unspecified atom stereocenters. The van der Waals surface area contributed by atoms with Crippen molar-refractivity contribution < 1.29 is 18.3 Å². The zero-order valence-corrected chi connectivity index (χ0v) is 16.2. The highest BCUT2D eigenvalue weighted by molar-refractivity contribution is 5.92. The van der Waals surface area contributed by atoms with Gasteiger partial charge in [0.05, 0.1) is 35.9 Å². The van der Waals surface area contributed by atoms with Gasteiger partial charge in [-0.1, -0.05) is 6.07 Å². The lowest BCUT2D eigenvalue weighted by atomic mass is 10.1. The molecule has 9 heteroatoms. The van der Waals surface area contributed by atoms with Gasteiger partial charge in [0.1, 0.15) is 11.6 Å². The van der Waals surface area contributed by atoms with E-state index in [0.29, 0.717) is 19.7 Å². The average Bonchev–Trinajstić information content (AvgIpc) is 3.14. The van der Waals surface area contributed by atoms with E-state index >= 15 is 0 Å². The molecule has 0 saturated carbocycles. The minimum atomic E-state index is -0.752. The van der Waals surface area contributed by atoms with E-state index in [1.54, 1.807) is 12.0 Å². The Morgan fingerprint density at radius 2 is 2.00 bits per heavy atom. The second-order valence-electron chi connectivity index (χ2n) is 6.89. The molecule has 1 aliphatic rings. The van der Waals surface area contributed by atoms with E-state index in [0.717, 1.165) is 29.1 Å². The number of nitrogens with zero attached hydrogens (tertiary/aromatic N) is 3. The van der Waals surface area contributed by atoms with Crippen molar-refractivity contribution in [2.75, 3.05) is 18.2 Å². The summed E-state index contributed by atoms with van der Waals surface area (Å²) in [7, 11) is 1.60. The lowest BCUT2D eigenvalue weighted by molar-refractivity contribution is 0.181. The van der Waals surface area contributed by atoms with Gasteiger partial charge in [0.2, 0.25) is 0 Å². The number of nitrogens with two attached hydrogens (primary N) is 1. The highest BCUT2D eigenvalue weighted by Crippen LogP contribution is 2.27. The number of rotatable bonds is 4. The van der Waals surface area contributed by atoms with Crippen molar-refractivity contribution in [3.8, 4) is 11.3 Å². The second-order valence-corrected chi connectivity index (χ2v) is 6.89. The van der Waals surface area contributed by atoms with E-state index in [1.807, 2.05) is 12.1 Å². The molecule has 1 aromatic carbocycles. The van der Waals surface area contributed by atoms with Gasteiger partial charge >= 0.3 is 6.03 Å². The third-order valence-electron chi connectivity index (χ3n) is 4.77. The minimum Gasteiger partial charge on any atom is -0.396 e. The van der Waals surface area contributed by atoms with Gasteiger partial charge in [-0.15, -0.1) is 0 Å². The number of anilines is 2. The van der Waals surface area contributed by atoms with Crippen LogP contribution in [0.3, 0.4) is 0 Å². The number of halogens is 2. The summed E-state index contributed by atoms with van der Waals surface area (Å²) in [6.45, 7) is 1.13. The number of hydrogen-bond donors (Lipinski definition) is 2. The van der Waals surface area contributed by atoms with Crippen LogP contribution in [-0.4, -0.2) is 28.0 Å². The van der Waals surface area contributed by atoms with Crippen LogP contribution in [0.4, 0.5) is 25.1 Å². The fraction of sp³-hybridized carbons (Fsp3) is 0.190. The molecule has 1 aliphatic heterocycles. The van der Waals surface area contributed by atoms with Crippen LogP contribution in [0.1, 0.15) is 17.0 Å². The van der Waals surface area contributed by atoms with Crippen LogP contribution < -0.4 is 11.1 Å². The summed E-state index contributed by atoms with van der Waals surface area (Å²) >= 11 is 0. The number of pyridine rings is 2. The smallest absolute Gasteiger partial charge is 0.323 e. The Labute approximate surface area is 171 Å². The monoisotopic (exact) mass is 411 g/mol. The number of benzene rings is 1. The quantitative estimate of drug-likeness (QED) is 0.683. The van der Waals surface area contributed by atoms with Crippen molar-refractivity contribution in [3.63, 3.8) is 0 Å². The van der Waals surface area contributed by atoms with Crippen molar-refractivity contribution in [2.45, 2.75) is 19.7 Å². The van der Waals surface area contributed by atoms with E-state index in [1.165, 1.54) is 18.2 Å². The zero-order chi connectivity index (χ0) is 21.3. The first kappa shape index (κ1) is 19.7. The number of carbonyl (C=O) groups excluding carboxylic acids is 1. The number of fused-ring (bicyclic) bond motifs is 1. The summed E-state index contributed by atoms with van der Waals surface area (Å²) in [5, 5.41) is 2.67. The van der Waals surface area contributed by atoms with Crippen molar-refractivity contribution in [3.05, 3.63) is 71.1 Å². The van der Waals surface area contributed by atoms with Crippen molar-refractivity contribution in [2.24, 2.45) is 0 Å². The van der Waals surface area contributed by atoms with Gasteiger partial charge in [0.15, 0.2) is 5.82 Å². The summed E-state index contributed by atoms with van der Waals surface area (Å²) < 4.78 is 32.4. The fourth-order valence-corrected chi connectivity index (χ4v) is 3.27. The molecule has 154 valence electrons. The summed E-state index contributed by atoms with van der Waals surface area (Å²) in [6, 6.07) is 9.61.